The van der Waals surface area contributed by atoms with Gasteiger partial charge in [0.2, 0.25) is 0 Å². The Morgan fingerprint density at radius 3 is 2.65 bits per heavy atom. The molecule has 3 nitrogen and oxygen atoms in total. The monoisotopic (exact) mass is 237 g/mol. The van der Waals surface area contributed by atoms with Gasteiger partial charge in [0.25, 0.3) is 0 Å². The van der Waals surface area contributed by atoms with Crippen LogP contribution in [0.4, 0.5) is 0 Å². The quantitative estimate of drug-likeness (QED) is 0.753. The minimum atomic E-state index is 0.733. The number of aryl methyl sites for hydroxylation is 2. The first-order chi connectivity index (χ1) is 8.24. The van der Waals surface area contributed by atoms with Crippen molar-refractivity contribution in [2.24, 2.45) is 5.92 Å². The van der Waals surface area contributed by atoms with Gasteiger partial charge in [-0.05, 0) is 51.8 Å². The molecule has 0 fully saturated rings. The third-order valence-electron chi connectivity index (χ3n) is 3.26. The summed E-state index contributed by atoms with van der Waals surface area (Å²) in [6.45, 7) is 8.68. The van der Waals surface area contributed by atoms with Crippen LogP contribution in [-0.4, -0.2) is 23.4 Å². The molecule has 1 aromatic heterocycles. The summed E-state index contributed by atoms with van der Waals surface area (Å²) >= 11 is 0. The lowest BCUT2D eigenvalue weighted by Crippen LogP contribution is -2.21. The van der Waals surface area contributed by atoms with Crippen molar-refractivity contribution in [1.82, 2.24) is 15.1 Å². The van der Waals surface area contributed by atoms with E-state index in [4.69, 9.17) is 0 Å². The normalized spacial score (nSPS) is 12.9. The lowest BCUT2D eigenvalue weighted by atomic mass is 9.97. The summed E-state index contributed by atoms with van der Waals surface area (Å²) in [5.74, 6) is 0.733. The molecule has 0 bridgehead atoms. The van der Waals surface area contributed by atoms with E-state index in [2.05, 4.69) is 41.9 Å². The van der Waals surface area contributed by atoms with Crippen molar-refractivity contribution in [3.05, 3.63) is 17.5 Å². The molecule has 1 N–H and O–H groups in total. The Balaban J connectivity index is 2.72. The largest absolute Gasteiger partial charge is 0.319 e. The Bertz CT molecular complexity index is 311. The molecule has 0 saturated carbocycles. The van der Waals surface area contributed by atoms with Crippen molar-refractivity contribution in [2.45, 2.75) is 53.0 Å². The van der Waals surface area contributed by atoms with Crippen LogP contribution in [0, 0.1) is 5.92 Å². The summed E-state index contributed by atoms with van der Waals surface area (Å²) < 4.78 is 2.16. The number of aromatic nitrogens is 2. The predicted molar refractivity (Wildman–Crippen MR) is 73.3 cm³/mol. The molecule has 0 radical (unpaired) electrons. The summed E-state index contributed by atoms with van der Waals surface area (Å²) in [4.78, 5) is 0. The van der Waals surface area contributed by atoms with E-state index in [0.717, 1.165) is 31.8 Å². The van der Waals surface area contributed by atoms with Gasteiger partial charge in [0.05, 0.1) is 5.69 Å². The van der Waals surface area contributed by atoms with E-state index >= 15 is 0 Å². The first kappa shape index (κ1) is 14.2. The summed E-state index contributed by atoms with van der Waals surface area (Å²) in [6.07, 6.45) is 4.73. The van der Waals surface area contributed by atoms with Crippen LogP contribution in [0.3, 0.4) is 0 Å². The molecule has 0 spiro atoms. The molecule has 0 saturated heterocycles. The number of hydrogen-bond acceptors (Lipinski definition) is 2. The van der Waals surface area contributed by atoms with Crippen molar-refractivity contribution < 1.29 is 0 Å². The van der Waals surface area contributed by atoms with Gasteiger partial charge in [-0.25, -0.2) is 0 Å². The molecule has 0 aromatic carbocycles. The molecule has 1 heterocycles. The molecule has 1 aromatic rings. The molecule has 98 valence electrons. The third-order valence-corrected chi connectivity index (χ3v) is 3.26. The maximum atomic E-state index is 4.62. The van der Waals surface area contributed by atoms with Gasteiger partial charge in [-0.15, -0.1) is 0 Å². The van der Waals surface area contributed by atoms with E-state index in [0.29, 0.717) is 0 Å². The first-order valence-electron chi connectivity index (χ1n) is 6.95. The molecule has 1 atom stereocenters. The Morgan fingerprint density at radius 1 is 1.35 bits per heavy atom. The molecule has 3 heteroatoms. The minimum absolute atomic E-state index is 0.733. The highest BCUT2D eigenvalue weighted by Gasteiger charge is 2.12. The van der Waals surface area contributed by atoms with Crippen molar-refractivity contribution in [1.29, 1.82) is 0 Å². The van der Waals surface area contributed by atoms with Crippen LogP contribution in [0.5, 0.6) is 0 Å². The summed E-state index contributed by atoms with van der Waals surface area (Å²) in [5, 5.41) is 7.92. The smallest absolute Gasteiger partial charge is 0.0624 e. The topological polar surface area (TPSA) is 29.9 Å². The molecular weight excluding hydrogens is 210 g/mol. The van der Waals surface area contributed by atoms with E-state index in [-0.39, 0.29) is 0 Å². The second-order valence-corrected chi connectivity index (χ2v) is 4.71. The summed E-state index contributed by atoms with van der Waals surface area (Å²) in [5.41, 5.74) is 2.62. The molecule has 17 heavy (non-hydrogen) atoms. The zero-order chi connectivity index (χ0) is 12.7. The van der Waals surface area contributed by atoms with Crippen LogP contribution in [0.25, 0.3) is 0 Å². The zero-order valence-corrected chi connectivity index (χ0v) is 11.8. The minimum Gasteiger partial charge on any atom is -0.319 e. The van der Waals surface area contributed by atoms with Crippen LogP contribution in [0.2, 0.25) is 0 Å². The standard InChI is InChI=1S/C14H27N3/c1-5-8-12(11-15-4)9-14-10-13(6-2)16-17(14)7-3/h10,12,15H,5-9,11H2,1-4H3. The fourth-order valence-corrected chi connectivity index (χ4v) is 2.39. The van der Waals surface area contributed by atoms with Gasteiger partial charge >= 0.3 is 0 Å². The maximum Gasteiger partial charge on any atom is 0.0624 e. The SMILES string of the molecule is CCCC(CNC)Cc1cc(CC)nn1CC. The lowest BCUT2D eigenvalue weighted by Gasteiger charge is -2.16. The van der Waals surface area contributed by atoms with Gasteiger partial charge in [-0.2, -0.15) is 5.10 Å². The highest BCUT2D eigenvalue weighted by Crippen LogP contribution is 2.15. The number of nitrogens with zero attached hydrogens (tertiary/aromatic N) is 2. The fourth-order valence-electron chi connectivity index (χ4n) is 2.39. The zero-order valence-electron chi connectivity index (χ0n) is 11.8. The highest BCUT2D eigenvalue weighted by atomic mass is 15.3. The van der Waals surface area contributed by atoms with E-state index in [1.54, 1.807) is 0 Å². The van der Waals surface area contributed by atoms with E-state index in [9.17, 15) is 0 Å². The van der Waals surface area contributed by atoms with Crippen LogP contribution in [0.1, 0.15) is 45.0 Å². The lowest BCUT2D eigenvalue weighted by molar-refractivity contribution is 0.438. The van der Waals surface area contributed by atoms with Gasteiger partial charge < -0.3 is 5.32 Å². The van der Waals surface area contributed by atoms with Gasteiger partial charge in [0.15, 0.2) is 0 Å². The molecule has 0 amide bonds. The maximum absolute atomic E-state index is 4.62. The van der Waals surface area contributed by atoms with Crippen molar-refractivity contribution >= 4 is 0 Å². The highest BCUT2D eigenvalue weighted by molar-refractivity contribution is 5.11. The molecule has 0 aliphatic rings. The number of hydrogen-bond donors (Lipinski definition) is 1. The van der Waals surface area contributed by atoms with Crippen molar-refractivity contribution in [3.8, 4) is 0 Å². The summed E-state index contributed by atoms with van der Waals surface area (Å²) in [7, 11) is 2.04. The molecule has 1 rings (SSSR count). The van der Waals surface area contributed by atoms with Gasteiger partial charge in [-0.3, -0.25) is 4.68 Å². The molecule has 1 unspecified atom stereocenters. The van der Waals surface area contributed by atoms with E-state index in [1.807, 2.05) is 7.05 Å². The van der Waals surface area contributed by atoms with Gasteiger partial charge in [-0.1, -0.05) is 20.3 Å². The number of rotatable bonds is 8. The Morgan fingerprint density at radius 2 is 2.12 bits per heavy atom. The van der Waals surface area contributed by atoms with Crippen LogP contribution < -0.4 is 5.32 Å². The van der Waals surface area contributed by atoms with E-state index in [1.165, 1.54) is 24.2 Å². The number of nitrogens with one attached hydrogen (secondary N) is 1. The average molecular weight is 237 g/mol. The van der Waals surface area contributed by atoms with Crippen LogP contribution >= 0.6 is 0 Å². The fraction of sp³-hybridized carbons (Fsp3) is 0.786. The first-order valence-corrected chi connectivity index (χ1v) is 6.95. The molecule has 0 aliphatic carbocycles. The Labute approximate surface area is 106 Å². The third kappa shape index (κ3) is 4.15. The van der Waals surface area contributed by atoms with E-state index < -0.39 is 0 Å². The van der Waals surface area contributed by atoms with Crippen molar-refractivity contribution in [3.63, 3.8) is 0 Å². The van der Waals surface area contributed by atoms with Crippen LogP contribution in [0.15, 0.2) is 6.07 Å². The second-order valence-electron chi connectivity index (χ2n) is 4.71. The molecule has 0 aliphatic heterocycles. The Kier molecular flexibility index (Phi) is 6.27. The summed E-state index contributed by atoms with van der Waals surface area (Å²) in [6, 6.07) is 2.28. The average Bonchev–Trinajstić information content (AvgIpc) is 2.72. The Hall–Kier alpha value is -0.830. The molecular formula is C14H27N3. The van der Waals surface area contributed by atoms with Gasteiger partial charge in [0, 0.05) is 12.2 Å². The van der Waals surface area contributed by atoms with Crippen molar-refractivity contribution in [2.75, 3.05) is 13.6 Å². The predicted octanol–water partition coefficient (Wildman–Crippen LogP) is 2.64. The van der Waals surface area contributed by atoms with Gasteiger partial charge in [0.1, 0.15) is 0 Å². The second kappa shape index (κ2) is 7.49. The van der Waals surface area contributed by atoms with Crippen LogP contribution in [-0.2, 0) is 19.4 Å².